The normalized spacial score (nSPS) is 11.2. The third kappa shape index (κ3) is 5.33. The maximum Gasteiger partial charge on any atom is 0.188 e. The number of rotatable bonds is 6. The molecule has 0 fully saturated rings. The van der Waals surface area contributed by atoms with E-state index in [1.165, 1.54) is 7.11 Å². The number of nitrogens with one attached hydrogen (secondary N) is 1. The molecule has 19 heavy (non-hydrogen) atoms. The third-order valence-corrected chi connectivity index (χ3v) is 2.48. The first kappa shape index (κ1) is 14.9. The van der Waals surface area contributed by atoms with Gasteiger partial charge in [-0.05, 0) is 31.0 Å². The highest BCUT2D eigenvalue weighted by molar-refractivity contribution is 5.77. The van der Waals surface area contributed by atoms with Crippen LogP contribution in [0.25, 0.3) is 0 Å². The molecule has 0 aliphatic heterocycles. The van der Waals surface area contributed by atoms with E-state index < -0.39 is 0 Å². The standard InChI is InChI=1S/C14H21N3O2/c1-10(2)9-17-14(15)16-7-6-11-4-5-12(18)13(8-11)19-3/h4-5,8,18H,1,6-7,9H2,2-3H3,(H3,15,16,17). The van der Waals surface area contributed by atoms with E-state index >= 15 is 0 Å². The molecule has 0 bridgehead atoms. The van der Waals surface area contributed by atoms with Gasteiger partial charge in [-0.25, -0.2) is 4.99 Å². The number of nitrogens with zero attached hydrogens (tertiary/aromatic N) is 1. The number of aromatic hydroxyl groups is 1. The second kappa shape index (κ2) is 7.31. The Labute approximate surface area is 113 Å². The highest BCUT2D eigenvalue weighted by atomic mass is 16.5. The first-order chi connectivity index (χ1) is 9.02. The molecule has 0 aliphatic carbocycles. The average molecular weight is 263 g/mol. The maximum absolute atomic E-state index is 9.48. The maximum atomic E-state index is 9.48. The van der Waals surface area contributed by atoms with E-state index in [9.17, 15) is 5.11 Å². The van der Waals surface area contributed by atoms with Crippen LogP contribution in [0.4, 0.5) is 0 Å². The van der Waals surface area contributed by atoms with Gasteiger partial charge in [0, 0.05) is 6.54 Å². The molecule has 0 radical (unpaired) electrons. The van der Waals surface area contributed by atoms with Crippen molar-refractivity contribution in [2.24, 2.45) is 10.7 Å². The minimum absolute atomic E-state index is 0.141. The summed E-state index contributed by atoms with van der Waals surface area (Å²) in [6, 6.07) is 5.27. The molecule has 1 rings (SSSR count). The Morgan fingerprint density at radius 2 is 2.26 bits per heavy atom. The number of hydrogen-bond donors (Lipinski definition) is 3. The second-order valence-electron chi connectivity index (χ2n) is 4.34. The zero-order valence-electron chi connectivity index (χ0n) is 11.4. The number of phenols is 1. The van der Waals surface area contributed by atoms with E-state index in [0.29, 0.717) is 24.8 Å². The van der Waals surface area contributed by atoms with Crippen LogP contribution in [-0.4, -0.2) is 31.3 Å². The van der Waals surface area contributed by atoms with E-state index in [2.05, 4.69) is 16.9 Å². The van der Waals surface area contributed by atoms with Gasteiger partial charge in [-0.1, -0.05) is 18.2 Å². The summed E-state index contributed by atoms with van der Waals surface area (Å²) >= 11 is 0. The fraction of sp³-hybridized carbons (Fsp3) is 0.357. The van der Waals surface area contributed by atoms with Crippen LogP contribution in [0.2, 0.25) is 0 Å². The molecule has 0 aliphatic rings. The van der Waals surface area contributed by atoms with Crippen molar-refractivity contribution >= 4 is 5.96 Å². The Bertz CT molecular complexity index is 470. The number of ether oxygens (including phenoxy) is 1. The Hall–Kier alpha value is -2.17. The lowest BCUT2D eigenvalue weighted by Gasteiger charge is -2.08. The summed E-state index contributed by atoms with van der Waals surface area (Å²) in [7, 11) is 1.53. The van der Waals surface area contributed by atoms with E-state index in [-0.39, 0.29) is 5.75 Å². The van der Waals surface area contributed by atoms with Gasteiger partial charge in [0.15, 0.2) is 17.5 Å². The van der Waals surface area contributed by atoms with Gasteiger partial charge in [-0.15, -0.1) is 0 Å². The number of aliphatic imine (C=N–C) groups is 1. The summed E-state index contributed by atoms with van der Waals surface area (Å²) < 4.78 is 5.05. The first-order valence-electron chi connectivity index (χ1n) is 6.07. The molecule has 0 atom stereocenters. The van der Waals surface area contributed by atoms with E-state index in [0.717, 1.165) is 17.6 Å². The van der Waals surface area contributed by atoms with Gasteiger partial charge >= 0.3 is 0 Å². The molecule has 0 saturated heterocycles. The molecule has 0 heterocycles. The minimum Gasteiger partial charge on any atom is -0.504 e. The lowest BCUT2D eigenvalue weighted by molar-refractivity contribution is 0.373. The van der Waals surface area contributed by atoms with Crippen molar-refractivity contribution in [1.82, 2.24) is 5.32 Å². The van der Waals surface area contributed by atoms with Crippen LogP contribution < -0.4 is 15.8 Å². The summed E-state index contributed by atoms with van der Waals surface area (Å²) in [5.74, 6) is 1.02. The molecule has 1 aromatic rings. The van der Waals surface area contributed by atoms with Crippen LogP contribution >= 0.6 is 0 Å². The molecule has 104 valence electrons. The Kier molecular flexibility index (Phi) is 5.73. The van der Waals surface area contributed by atoms with Gasteiger partial charge in [0.25, 0.3) is 0 Å². The van der Waals surface area contributed by atoms with Crippen LogP contribution in [0.3, 0.4) is 0 Å². The topological polar surface area (TPSA) is 79.9 Å². The number of nitrogens with two attached hydrogens (primary N) is 1. The SMILES string of the molecule is C=C(C)CN=C(N)NCCc1ccc(O)c(OC)c1. The number of methoxy groups -OCH3 is 1. The average Bonchev–Trinajstić information content (AvgIpc) is 2.38. The molecule has 4 N–H and O–H groups in total. The van der Waals surface area contributed by atoms with Gasteiger partial charge in [0.2, 0.25) is 0 Å². The Morgan fingerprint density at radius 3 is 2.89 bits per heavy atom. The number of guanidine groups is 1. The van der Waals surface area contributed by atoms with Crippen LogP contribution in [0.5, 0.6) is 11.5 Å². The fourth-order valence-electron chi connectivity index (χ4n) is 1.49. The quantitative estimate of drug-likeness (QED) is 0.412. The van der Waals surface area contributed by atoms with Crippen molar-refractivity contribution in [3.8, 4) is 11.5 Å². The Balaban J connectivity index is 2.45. The van der Waals surface area contributed by atoms with Crippen molar-refractivity contribution in [2.45, 2.75) is 13.3 Å². The molecule has 0 saturated carbocycles. The summed E-state index contributed by atoms with van der Waals surface area (Å²) in [6.07, 6.45) is 0.764. The van der Waals surface area contributed by atoms with Gasteiger partial charge < -0.3 is 20.9 Å². The molecule has 0 spiro atoms. The smallest absolute Gasteiger partial charge is 0.188 e. The molecule has 5 nitrogen and oxygen atoms in total. The summed E-state index contributed by atoms with van der Waals surface area (Å²) in [5, 5.41) is 12.5. The number of hydrogen-bond acceptors (Lipinski definition) is 3. The predicted octanol–water partition coefficient (Wildman–Crippen LogP) is 1.42. The van der Waals surface area contributed by atoms with E-state index in [1.54, 1.807) is 12.1 Å². The number of benzene rings is 1. The van der Waals surface area contributed by atoms with Crippen molar-refractivity contribution in [2.75, 3.05) is 20.2 Å². The molecular weight excluding hydrogens is 242 g/mol. The summed E-state index contributed by atoms with van der Waals surface area (Å²) in [5.41, 5.74) is 7.72. The molecule has 5 heteroatoms. The molecule has 0 unspecified atom stereocenters. The molecule has 0 aromatic heterocycles. The van der Waals surface area contributed by atoms with Crippen LogP contribution in [-0.2, 0) is 6.42 Å². The molecule has 0 amide bonds. The summed E-state index contributed by atoms with van der Waals surface area (Å²) in [6.45, 7) is 6.86. The lowest BCUT2D eigenvalue weighted by Crippen LogP contribution is -2.33. The summed E-state index contributed by atoms with van der Waals surface area (Å²) in [4.78, 5) is 4.12. The highest BCUT2D eigenvalue weighted by Crippen LogP contribution is 2.26. The zero-order valence-corrected chi connectivity index (χ0v) is 11.4. The van der Waals surface area contributed by atoms with Crippen LogP contribution in [0.1, 0.15) is 12.5 Å². The van der Waals surface area contributed by atoms with Crippen molar-refractivity contribution in [3.63, 3.8) is 0 Å². The number of phenolic OH excluding ortho intramolecular Hbond substituents is 1. The third-order valence-electron chi connectivity index (χ3n) is 2.48. The van der Waals surface area contributed by atoms with Crippen molar-refractivity contribution in [1.29, 1.82) is 0 Å². The largest absolute Gasteiger partial charge is 0.504 e. The fourth-order valence-corrected chi connectivity index (χ4v) is 1.49. The van der Waals surface area contributed by atoms with Gasteiger partial charge in [-0.2, -0.15) is 0 Å². The monoisotopic (exact) mass is 263 g/mol. The van der Waals surface area contributed by atoms with Gasteiger partial charge in [0.05, 0.1) is 13.7 Å². The highest BCUT2D eigenvalue weighted by Gasteiger charge is 2.02. The van der Waals surface area contributed by atoms with E-state index in [4.69, 9.17) is 10.5 Å². The Morgan fingerprint density at radius 1 is 1.53 bits per heavy atom. The van der Waals surface area contributed by atoms with Gasteiger partial charge in [-0.3, -0.25) is 0 Å². The zero-order chi connectivity index (χ0) is 14.3. The van der Waals surface area contributed by atoms with E-state index in [1.807, 2.05) is 13.0 Å². The lowest BCUT2D eigenvalue weighted by atomic mass is 10.1. The van der Waals surface area contributed by atoms with Crippen molar-refractivity contribution < 1.29 is 9.84 Å². The van der Waals surface area contributed by atoms with Crippen LogP contribution in [0.15, 0.2) is 35.3 Å². The van der Waals surface area contributed by atoms with Gasteiger partial charge in [0.1, 0.15) is 0 Å². The van der Waals surface area contributed by atoms with Crippen LogP contribution in [0, 0.1) is 0 Å². The predicted molar refractivity (Wildman–Crippen MR) is 77.7 cm³/mol. The first-order valence-corrected chi connectivity index (χ1v) is 6.07. The molecular formula is C14H21N3O2. The minimum atomic E-state index is 0.141. The molecule has 1 aromatic carbocycles. The second-order valence-corrected chi connectivity index (χ2v) is 4.34. The van der Waals surface area contributed by atoms with Crippen molar-refractivity contribution in [3.05, 3.63) is 35.9 Å².